The van der Waals surface area contributed by atoms with Gasteiger partial charge in [-0.1, -0.05) is 0 Å². The van der Waals surface area contributed by atoms with Gasteiger partial charge in [0.25, 0.3) is 0 Å². The highest BCUT2D eigenvalue weighted by molar-refractivity contribution is 7.09. The first-order valence-electron chi connectivity index (χ1n) is 5.69. The molecule has 1 N–H and O–H groups in total. The predicted octanol–water partition coefficient (Wildman–Crippen LogP) is 1.84. The average Bonchev–Trinajstić information content (AvgIpc) is 3.00. The molecule has 1 aromatic rings. The molecule has 0 aromatic carbocycles. The Morgan fingerprint density at radius 2 is 2.15 bits per heavy atom. The van der Waals surface area contributed by atoms with Crippen LogP contribution in [0.15, 0.2) is 5.38 Å². The Bertz CT molecular complexity index is 543. The van der Waals surface area contributed by atoms with Crippen LogP contribution in [0.2, 0.25) is 0 Å². The molecule has 20 heavy (non-hydrogen) atoms. The lowest BCUT2D eigenvalue weighted by Crippen LogP contribution is -2.28. The summed E-state index contributed by atoms with van der Waals surface area (Å²) in [6, 6.07) is 0. The van der Waals surface area contributed by atoms with Crippen LogP contribution in [-0.4, -0.2) is 33.9 Å². The predicted molar refractivity (Wildman–Crippen MR) is 62.8 cm³/mol. The van der Waals surface area contributed by atoms with Crippen LogP contribution in [0, 0.1) is 11.8 Å². The molecular weight excluding hydrogens is 297 g/mol. The molecule has 1 amide bonds. The van der Waals surface area contributed by atoms with E-state index in [0.29, 0.717) is 0 Å². The van der Waals surface area contributed by atoms with Crippen molar-refractivity contribution < 1.29 is 27.9 Å². The van der Waals surface area contributed by atoms with Crippen LogP contribution in [-0.2, 0) is 22.3 Å². The molecule has 110 valence electrons. The zero-order valence-corrected chi connectivity index (χ0v) is 11.2. The number of carboxylic acid groups (broad SMARTS) is 1. The van der Waals surface area contributed by atoms with E-state index in [1.165, 1.54) is 11.9 Å². The maximum Gasteiger partial charge on any atom is 0.434 e. The fourth-order valence-corrected chi connectivity index (χ4v) is 2.67. The second kappa shape index (κ2) is 5.04. The van der Waals surface area contributed by atoms with E-state index >= 15 is 0 Å². The summed E-state index contributed by atoms with van der Waals surface area (Å²) in [6.45, 7) is -0.0532. The minimum atomic E-state index is -4.50. The van der Waals surface area contributed by atoms with E-state index in [1.807, 2.05) is 0 Å². The quantitative estimate of drug-likeness (QED) is 0.921. The smallest absolute Gasteiger partial charge is 0.434 e. The maximum atomic E-state index is 12.4. The number of hydrogen-bond donors (Lipinski definition) is 1. The first kappa shape index (κ1) is 14.8. The summed E-state index contributed by atoms with van der Waals surface area (Å²) in [7, 11) is 1.42. The fourth-order valence-electron chi connectivity index (χ4n) is 1.82. The molecule has 5 nitrogen and oxygen atoms in total. The minimum absolute atomic E-state index is 0.0532. The minimum Gasteiger partial charge on any atom is -0.481 e. The molecule has 0 unspecified atom stereocenters. The molecule has 9 heteroatoms. The van der Waals surface area contributed by atoms with E-state index in [4.69, 9.17) is 5.11 Å². The molecule has 0 aliphatic heterocycles. The van der Waals surface area contributed by atoms with Crippen molar-refractivity contribution in [3.63, 3.8) is 0 Å². The van der Waals surface area contributed by atoms with Gasteiger partial charge in [-0.05, 0) is 6.42 Å². The fraction of sp³-hybridized carbons (Fsp3) is 0.545. The van der Waals surface area contributed by atoms with Crippen LogP contribution in [0.5, 0.6) is 0 Å². The number of alkyl halides is 3. The summed E-state index contributed by atoms with van der Waals surface area (Å²) in [6.07, 6.45) is -4.22. The Labute approximate surface area is 116 Å². The van der Waals surface area contributed by atoms with Crippen molar-refractivity contribution in [3.05, 3.63) is 16.1 Å². The standard InChI is InChI=1S/C11H11F3N2O3S/c1-16(9(17)5-2-6(5)10(18)19)3-8-15-7(4-20-8)11(12,13)14/h4-6H,2-3H2,1H3,(H,18,19)/t5-,6-/m1/s1. The van der Waals surface area contributed by atoms with Crippen molar-refractivity contribution >= 4 is 23.2 Å². The van der Waals surface area contributed by atoms with Gasteiger partial charge in [0.05, 0.1) is 18.4 Å². The average molecular weight is 308 g/mol. The van der Waals surface area contributed by atoms with Gasteiger partial charge in [0.15, 0.2) is 5.69 Å². The molecule has 2 atom stereocenters. The number of amides is 1. The van der Waals surface area contributed by atoms with E-state index in [-0.39, 0.29) is 23.9 Å². The second-order valence-corrected chi connectivity index (χ2v) is 5.55. The zero-order chi connectivity index (χ0) is 15.1. The molecule has 0 bridgehead atoms. The number of carboxylic acids is 1. The third-order valence-electron chi connectivity index (χ3n) is 3.02. The van der Waals surface area contributed by atoms with Crippen molar-refractivity contribution in [1.29, 1.82) is 0 Å². The van der Waals surface area contributed by atoms with Gasteiger partial charge in [-0.3, -0.25) is 9.59 Å². The van der Waals surface area contributed by atoms with E-state index in [0.717, 1.165) is 16.7 Å². The lowest BCUT2D eigenvalue weighted by molar-refractivity contribution is -0.142. The number of aromatic nitrogens is 1. The number of carbonyl (C=O) groups is 2. The molecule has 0 spiro atoms. The second-order valence-electron chi connectivity index (χ2n) is 4.61. The summed E-state index contributed by atoms with van der Waals surface area (Å²) < 4.78 is 37.1. The third kappa shape index (κ3) is 3.09. The van der Waals surface area contributed by atoms with Crippen molar-refractivity contribution in [2.24, 2.45) is 11.8 Å². The number of rotatable bonds is 4. The maximum absolute atomic E-state index is 12.4. The highest BCUT2D eigenvalue weighted by Gasteiger charge is 2.49. The summed E-state index contributed by atoms with van der Waals surface area (Å²) >= 11 is 0.820. The number of hydrogen-bond acceptors (Lipinski definition) is 4. The third-order valence-corrected chi connectivity index (χ3v) is 3.85. The van der Waals surface area contributed by atoms with Gasteiger partial charge in [-0.2, -0.15) is 13.2 Å². The van der Waals surface area contributed by atoms with Crippen molar-refractivity contribution in [1.82, 2.24) is 9.88 Å². The molecule has 2 rings (SSSR count). The van der Waals surface area contributed by atoms with Gasteiger partial charge >= 0.3 is 12.1 Å². The Balaban J connectivity index is 1.95. The van der Waals surface area contributed by atoms with Gasteiger partial charge < -0.3 is 10.0 Å². The topological polar surface area (TPSA) is 70.5 Å². The molecule has 1 fully saturated rings. The van der Waals surface area contributed by atoms with E-state index in [9.17, 15) is 22.8 Å². The number of aliphatic carboxylic acids is 1. The molecule has 0 radical (unpaired) electrons. The van der Waals surface area contributed by atoms with Gasteiger partial charge in [-0.25, -0.2) is 4.98 Å². The van der Waals surface area contributed by atoms with Crippen LogP contribution in [0.4, 0.5) is 13.2 Å². The zero-order valence-electron chi connectivity index (χ0n) is 10.3. The Morgan fingerprint density at radius 3 is 2.60 bits per heavy atom. The van der Waals surface area contributed by atoms with Crippen LogP contribution in [0.3, 0.4) is 0 Å². The lowest BCUT2D eigenvalue weighted by Gasteiger charge is -2.15. The van der Waals surface area contributed by atoms with Gasteiger partial charge in [0, 0.05) is 12.4 Å². The van der Waals surface area contributed by atoms with Crippen molar-refractivity contribution in [2.75, 3.05) is 7.05 Å². The number of nitrogens with zero attached hydrogens (tertiary/aromatic N) is 2. The van der Waals surface area contributed by atoms with Gasteiger partial charge in [0.1, 0.15) is 5.01 Å². The summed E-state index contributed by atoms with van der Waals surface area (Å²) in [4.78, 5) is 27.1. The highest BCUT2D eigenvalue weighted by atomic mass is 32.1. The lowest BCUT2D eigenvalue weighted by atomic mass is 10.3. The number of halogens is 3. The first-order chi connectivity index (χ1) is 9.20. The van der Waals surface area contributed by atoms with Crippen molar-refractivity contribution in [2.45, 2.75) is 19.1 Å². The monoisotopic (exact) mass is 308 g/mol. The molecule has 1 saturated carbocycles. The van der Waals surface area contributed by atoms with Crippen molar-refractivity contribution in [3.8, 4) is 0 Å². The summed E-state index contributed by atoms with van der Waals surface area (Å²) in [5.41, 5.74) is -0.979. The molecule has 1 aromatic heterocycles. The molecule has 1 aliphatic rings. The molecular formula is C11H11F3N2O3S. The molecule has 0 saturated heterocycles. The van der Waals surface area contributed by atoms with E-state index in [1.54, 1.807) is 0 Å². The van der Waals surface area contributed by atoms with Gasteiger partial charge in [0.2, 0.25) is 5.91 Å². The SMILES string of the molecule is CN(Cc1nc(C(F)(F)F)cs1)C(=O)[C@@H]1C[C@H]1C(=O)O. The first-order valence-corrected chi connectivity index (χ1v) is 6.57. The van der Waals surface area contributed by atoms with E-state index in [2.05, 4.69) is 4.98 Å². The van der Waals surface area contributed by atoms with Crippen LogP contribution < -0.4 is 0 Å². The van der Waals surface area contributed by atoms with Crippen LogP contribution >= 0.6 is 11.3 Å². The Hall–Kier alpha value is -1.64. The molecule has 1 aliphatic carbocycles. The summed E-state index contributed by atoms with van der Waals surface area (Å²) in [5.74, 6) is -2.64. The number of thiazole rings is 1. The van der Waals surface area contributed by atoms with E-state index < -0.39 is 29.7 Å². The summed E-state index contributed by atoms with van der Waals surface area (Å²) in [5, 5.41) is 9.79. The number of carbonyl (C=O) groups excluding carboxylic acids is 1. The molecule has 1 heterocycles. The van der Waals surface area contributed by atoms with Crippen LogP contribution in [0.25, 0.3) is 0 Å². The van der Waals surface area contributed by atoms with Crippen LogP contribution in [0.1, 0.15) is 17.1 Å². The van der Waals surface area contributed by atoms with Gasteiger partial charge in [-0.15, -0.1) is 11.3 Å². The Kier molecular flexibility index (Phi) is 3.72. The normalized spacial score (nSPS) is 21.6. The largest absolute Gasteiger partial charge is 0.481 e. The highest BCUT2D eigenvalue weighted by Crippen LogP contribution is 2.40. The Morgan fingerprint density at radius 1 is 1.50 bits per heavy atom.